The molecule has 1 aliphatic heterocycles. The minimum Gasteiger partial charge on any atom is -0.492 e. The summed E-state index contributed by atoms with van der Waals surface area (Å²) in [4.78, 5) is 0. The summed E-state index contributed by atoms with van der Waals surface area (Å²) in [5.41, 5.74) is 3.11. The Balaban J connectivity index is 2.08. The van der Waals surface area contributed by atoms with E-state index in [4.69, 9.17) is 16.3 Å². The van der Waals surface area contributed by atoms with Crippen molar-refractivity contribution in [2.24, 2.45) is 0 Å². The molecule has 1 heterocycles. The van der Waals surface area contributed by atoms with Crippen molar-refractivity contribution in [1.82, 2.24) is 0 Å². The topological polar surface area (TPSA) is 9.23 Å². The number of rotatable bonds is 1. The first kappa shape index (κ1) is 12.2. The average molecular weight is 275 g/mol. The second-order valence-corrected chi connectivity index (χ2v) is 4.85. The van der Waals surface area contributed by atoms with Gasteiger partial charge in [-0.05, 0) is 17.2 Å². The van der Waals surface area contributed by atoms with Crippen molar-refractivity contribution < 1.29 is 9.13 Å². The molecule has 0 aromatic heterocycles. The van der Waals surface area contributed by atoms with Crippen LogP contribution in [-0.2, 0) is 0 Å². The lowest BCUT2D eigenvalue weighted by atomic mass is 9.97. The van der Waals surface area contributed by atoms with Crippen LogP contribution in [0.4, 0.5) is 4.39 Å². The Labute approximate surface area is 116 Å². The van der Waals surface area contributed by atoms with Crippen molar-refractivity contribution in [1.29, 1.82) is 0 Å². The van der Waals surface area contributed by atoms with Crippen LogP contribution in [0.25, 0.3) is 11.6 Å². The van der Waals surface area contributed by atoms with Gasteiger partial charge in [0.1, 0.15) is 11.6 Å². The third-order valence-corrected chi connectivity index (χ3v) is 3.43. The van der Waals surface area contributed by atoms with Gasteiger partial charge in [-0.15, -0.1) is 0 Å². The summed E-state index contributed by atoms with van der Waals surface area (Å²) in [6.07, 6.45) is 2.89. The van der Waals surface area contributed by atoms with E-state index in [2.05, 4.69) is 6.08 Å². The van der Waals surface area contributed by atoms with Crippen LogP contribution < -0.4 is 4.74 Å². The number of fused-ring (bicyclic) bond motifs is 1. The van der Waals surface area contributed by atoms with Crippen molar-refractivity contribution in [2.45, 2.75) is 6.42 Å². The van der Waals surface area contributed by atoms with Gasteiger partial charge in [0.15, 0.2) is 0 Å². The fourth-order valence-corrected chi connectivity index (χ4v) is 2.37. The molecular weight excluding hydrogens is 263 g/mol. The zero-order valence-corrected chi connectivity index (χ0v) is 11.0. The van der Waals surface area contributed by atoms with Crippen molar-refractivity contribution in [2.75, 3.05) is 6.61 Å². The van der Waals surface area contributed by atoms with Crippen LogP contribution in [0.1, 0.15) is 17.5 Å². The van der Waals surface area contributed by atoms with E-state index < -0.39 is 5.82 Å². The summed E-state index contributed by atoms with van der Waals surface area (Å²) in [6, 6.07) is 13.0. The summed E-state index contributed by atoms with van der Waals surface area (Å²) in [5.74, 6) is 0.122. The van der Waals surface area contributed by atoms with Crippen molar-refractivity contribution in [3.8, 4) is 5.75 Å². The summed E-state index contributed by atoms with van der Waals surface area (Å²) in [6.45, 7) is 0.562. The lowest BCUT2D eigenvalue weighted by molar-refractivity contribution is 0.315. The van der Waals surface area contributed by atoms with Crippen molar-refractivity contribution >= 4 is 23.3 Å². The Morgan fingerprint density at radius 1 is 1.16 bits per heavy atom. The molecule has 0 saturated carbocycles. The van der Waals surface area contributed by atoms with Crippen molar-refractivity contribution in [3.05, 3.63) is 64.4 Å². The van der Waals surface area contributed by atoms with Crippen LogP contribution in [0.3, 0.4) is 0 Å². The Kier molecular flexibility index (Phi) is 3.26. The van der Waals surface area contributed by atoms with E-state index in [-0.39, 0.29) is 5.02 Å². The van der Waals surface area contributed by atoms with Gasteiger partial charge in [-0.3, -0.25) is 0 Å². The lowest BCUT2D eigenvalue weighted by Gasteiger charge is -2.20. The number of benzene rings is 2. The molecule has 19 heavy (non-hydrogen) atoms. The molecule has 2 aromatic rings. The molecule has 3 heteroatoms. The predicted molar refractivity (Wildman–Crippen MR) is 75.8 cm³/mol. The summed E-state index contributed by atoms with van der Waals surface area (Å²) in [7, 11) is 0. The number of hydrogen-bond acceptors (Lipinski definition) is 1. The smallest absolute Gasteiger partial charge is 0.145 e. The molecule has 0 N–H and O–H groups in total. The second-order valence-electron chi connectivity index (χ2n) is 4.44. The van der Waals surface area contributed by atoms with Gasteiger partial charge >= 0.3 is 0 Å². The normalized spacial score (nSPS) is 16.0. The van der Waals surface area contributed by atoms with Crippen molar-refractivity contribution in [3.63, 3.8) is 0 Å². The monoisotopic (exact) mass is 274 g/mol. The first-order valence-electron chi connectivity index (χ1n) is 6.12. The summed E-state index contributed by atoms with van der Waals surface area (Å²) >= 11 is 5.86. The van der Waals surface area contributed by atoms with E-state index in [0.717, 1.165) is 23.1 Å². The fraction of sp³-hybridized carbons (Fsp3) is 0.125. The summed E-state index contributed by atoms with van der Waals surface area (Å²) in [5, 5.41) is 0.128. The van der Waals surface area contributed by atoms with Gasteiger partial charge in [0.05, 0.1) is 11.6 Å². The molecule has 0 amide bonds. The van der Waals surface area contributed by atoms with E-state index in [1.165, 1.54) is 6.07 Å². The molecule has 0 radical (unpaired) electrons. The van der Waals surface area contributed by atoms with Crippen LogP contribution in [-0.4, -0.2) is 6.61 Å². The molecule has 1 aliphatic rings. The molecule has 0 saturated heterocycles. The highest BCUT2D eigenvalue weighted by molar-refractivity contribution is 6.31. The molecule has 3 rings (SSSR count). The molecule has 0 fully saturated rings. The minimum absolute atomic E-state index is 0.128. The second kappa shape index (κ2) is 5.06. The van der Waals surface area contributed by atoms with Gasteiger partial charge in [0.2, 0.25) is 0 Å². The maximum atomic E-state index is 13.4. The maximum Gasteiger partial charge on any atom is 0.145 e. The van der Waals surface area contributed by atoms with Gasteiger partial charge < -0.3 is 4.74 Å². The number of ether oxygens (including phenoxy) is 1. The Morgan fingerprint density at radius 3 is 2.74 bits per heavy atom. The number of hydrogen-bond donors (Lipinski definition) is 0. The molecule has 0 bridgehead atoms. The molecule has 0 aliphatic carbocycles. The van der Waals surface area contributed by atoms with Gasteiger partial charge in [0.25, 0.3) is 0 Å². The highest BCUT2D eigenvalue weighted by Gasteiger charge is 2.18. The molecule has 0 spiro atoms. The van der Waals surface area contributed by atoms with Crippen LogP contribution >= 0.6 is 11.6 Å². The van der Waals surface area contributed by atoms with Gasteiger partial charge in [-0.25, -0.2) is 4.39 Å². The molecule has 1 nitrogen and oxygen atoms in total. The van der Waals surface area contributed by atoms with Gasteiger partial charge in [-0.2, -0.15) is 0 Å². The van der Waals surface area contributed by atoms with Crippen LogP contribution in [0, 0.1) is 5.82 Å². The maximum absolute atomic E-state index is 13.4. The molecular formula is C16H12ClFO. The van der Waals surface area contributed by atoms with E-state index >= 15 is 0 Å². The van der Waals surface area contributed by atoms with Gasteiger partial charge in [0, 0.05) is 18.1 Å². The van der Waals surface area contributed by atoms with E-state index in [1.807, 2.05) is 30.3 Å². The molecule has 2 aromatic carbocycles. The third kappa shape index (κ3) is 2.49. The van der Waals surface area contributed by atoms with E-state index in [1.54, 1.807) is 6.07 Å². The Morgan fingerprint density at radius 2 is 1.95 bits per heavy atom. The first-order chi connectivity index (χ1) is 9.24. The minimum atomic E-state index is -0.443. The third-order valence-electron chi connectivity index (χ3n) is 3.14. The fourth-order valence-electron chi connectivity index (χ4n) is 2.20. The molecule has 96 valence electrons. The van der Waals surface area contributed by atoms with E-state index in [0.29, 0.717) is 12.4 Å². The largest absolute Gasteiger partial charge is 0.492 e. The molecule has 0 atom stereocenters. The Hall–Kier alpha value is -1.80. The zero-order chi connectivity index (χ0) is 13.2. The lowest BCUT2D eigenvalue weighted by Crippen LogP contribution is -2.08. The SMILES string of the molecule is Fc1cc2c(cc1Cl)C(=Cc1ccccc1)CCO2. The van der Waals surface area contributed by atoms with Crippen LogP contribution in [0.5, 0.6) is 5.75 Å². The van der Waals surface area contributed by atoms with Crippen LogP contribution in [0.2, 0.25) is 5.02 Å². The summed E-state index contributed by atoms with van der Waals surface area (Å²) < 4.78 is 18.9. The van der Waals surface area contributed by atoms with Gasteiger partial charge in [-0.1, -0.05) is 48.0 Å². The standard InChI is InChI=1S/C16H12ClFO/c17-14-9-13-12(8-11-4-2-1-3-5-11)6-7-19-16(13)10-15(14)18/h1-5,8-10H,6-7H2. The highest BCUT2D eigenvalue weighted by atomic mass is 35.5. The average Bonchev–Trinajstić information content (AvgIpc) is 2.42. The zero-order valence-electron chi connectivity index (χ0n) is 10.2. The number of halogens is 2. The predicted octanol–water partition coefficient (Wildman–Crippen LogP) is 4.80. The highest BCUT2D eigenvalue weighted by Crippen LogP contribution is 2.37. The first-order valence-corrected chi connectivity index (χ1v) is 6.50. The quantitative estimate of drug-likeness (QED) is 0.726. The Bertz CT molecular complexity index is 635. The van der Waals surface area contributed by atoms with Crippen LogP contribution in [0.15, 0.2) is 42.5 Å². The molecule has 0 unspecified atom stereocenters. The van der Waals surface area contributed by atoms with E-state index in [9.17, 15) is 4.39 Å².